The minimum Gasteiger partial charge on any atom is -0.370 e. The van der Waals surface area contributed by atoms with Crippen molar-refractivity contribution in [3.8, 4) is 11.3 Å². The molecule has 106 valence electrons. The number of benzene rings is 1. The molecule has 0 unspecified atom stereocenters. The van der Waals surface area contributed by atoms with E-state index in [9.17, 15) is 0 Å². The molecule has 0 aliphatic heterocycles. The van der Waals surface area contributed by atoms with Crippen LogP contribution in [-0.2, 0) is 6.42 Å². The molecule has 1 aromatic carbocycles. The molecule has 0 fully saturated rings. The fourth-order valence-electron chi connectivity index (χ4n) is 2.23. The molecule has 0 radical (unpaired) electrons. The zero-order valence-electron chi connectivity index (χ0n) is 12.8. The molecule has 20 heavy (non-hydrogen) atoms. The van der Waals surface area contributed by atoms with E-state index in [4.69, 9.17) is 4.98 Å². The Morgan fingerprint density at radius 2 is 1.70 bits per heavy atom. The van der Waals surface area contributed by atoms with Crippen molar-refractivity contribution in [1.82, 2.24) is 9.97 Å². The van der Waals surface area contributed by atoms with E-state index in [1.54, 1.807) is 0 Å². The molecule has 1 heterocycles. The van der Waals surface area contributed by atoms with Gasteiger partial charge in [0.15, 0.2) is 0 Å². The van der Waals surface area contributed by atoms with Gasteiger partial charge in [-0.25, -0.2) is 9.97 Å². The lowest BCUT2D eigenvalue weighted by atomic mass is 10.1. The highest BCUT2D eigenvalue weighted by Gasteiger charge is 2.11. The van der Waals surface area contributed by atoms with Crippen LogP contribution in [0.15, 0.2) is 24.3 Å². The van der Waals surface area contributed by atoms with Crippen LogP contribution in [0.25, 0.3) is 11.3 Å². The van der Waals surface area contributed by atoms with Crippen molar-refractivity contribution in [1.29, 1.82) is 0 Å². The van der Waals surface area contributed by atoms with Gasteiger partial charge in [-0.15, -0.1) is 0 Å². The van der Waals surface area contributed by atoms with Crippen molar-refractivity contribution in [3.05, 3.63) is 41.2 Å². The van der Waals surface area contributed by atoms with E-state index < -0.39 is 0 Å². The van der Waals surface area contributed by atoms with Crippen LogP contribution in [0.4, 0.5) is 5.82 Å². The van der Waals surface area contributed by atoms with Gasteiger partial charge < -0.3 is 5.32 Å². The highest BCUT2D eigenvalue weighted by molar-refractivity contribution is 5.68. The summed E-state index contributed by atoms with van der Waals surface area (Å²) in [5.74, 6) is 1.88. The molecule has 1 N–H and O–H groups in total. The second-order valence-corrected chi connectivity index (χ2v) is 5.11. The average Bonchev–Trinajstić information content (AvgIpc) is 2.44. The van der Waals surface area contributed by atoms with Crippen LogP contribution in [0.1, 0.15) is 37.2 Å². The maximum Gasteiger partial charge on any atom is 0.133 e. The van der Waals surface area contributed by atoms with Gasteiger partial charge in [0.1, 0.15) is 11.6 Å². The highest BCUT2D eigenvalue weighted by atomic mass is 15.0. The van der Waals surface area contributed by atoms with E-state index >= 15 is 0 Å². The van der Waals surface area contributed by atoms with Crippen LogP contribution in [0.2, 0.25) is 0 Å². The molecule has 1 aromatic heterocycles. The second kappa shape index (κ2) is 6.51. The third-order valence-electron chi connectivity index (χ3n) is 3.33. The lowest BCUT2D eigenvalue weighted by Gasteiger charge is -2.13. The fourth-order valence-corrected chi connectivity index (χ4v) is 2.23. The van der Waals surface area contributed by atoms with Gasteiger partial charge in [-0.05, 0) is 27.2 Å². The quantitative estimate of drug-likeness (QED) is 0.886. The van der Waals surface area contributed by atoms with Gasteiger partial charge in [0, 0.05) is 24.1 Å². The first-order valence-electron chi connectivity index (χ1n) is 7.34. The Morgan fingerprint density at radius 1 is 1.00 bits per heavy atom. The fraction of sp³-hybridized carbons (Fsp3) is 0.412. The topological polar surface area (TPSA) is 37.8 Å². The predicted octanol–water partition coefficient (Wildman–Crippen LogP) is 4.14. The number of nitrogens with zero attached hydrogens (tertiary/aromatic N) is 2. The van der Waals surface area contributed by atoms with Gasteiger partial charge in [-0.3, -0.25) is 0 Å². The zero-order valence-corrected chi connectivity index (χ0v) is 12.8. The standard InChI is InChI=1S/C17H23N3/c1-5-7-15-19-16(13(4)17(20-15)18-6-2)14-10-8-12(3)9-11-14/h8-11H,5-7H2,1-4H3,(H,18,19,20). The average molecular weight is 269 g/mol. The maximum atomic E-state index is 4.75. The molecule has 3 nitrogen and oxygen atoms in total. The first-order valence-corrected chi connectivity index (χ1v) is 7.34. The zero-order chi connectivity index (χ0) is 14.5. The van der Waals surface area contributed by atoms with Crippen LogP contribution >= 0.6 is 0 Å². The van der Waals surface area contributed by atoms with E-state index in [0.717, 1.165) is 47.8 Å². The van der Waals surface area contributed by atoms with Crippen molar-refractivity contribution < 1.29 is 0 Å². The third kappa shape index (κ3) is 3.16. The molecule has 0 spiro atoms. The summed E-state index contributed by atoms with van der Waals surface area (Å²) in [6.45, 7) is 9.30. The van der Waals surface area contributed by atoms with Crippen molar-refractivity contribution in [3.63, 3.8) is 0 Å². The number of hydrogen-bond acceptors (Lipinski definition) is 3. The van der Waals surface area contributed by atoms with Gasteiger partial charge in [0.05, 0.1) is 5.69 Å². The summed E-state index contributed by atoms with van der Waals surface area (Å²) < 4.78 is 0. The van der Waals surface area contributed by atoms with E-state index in [0.29, 0.717) is 0 Å². The highest BCUT2D eigenvalue weighted by Crippen LogP contribution is 2.26. The Labute approximate surface area is 121 Å². The Kier molecular flexibility index (Phi) is 4.72. The van der Waals surface area contributed by atoms with Crippen LogP contribution in [0, 0.1) is 13.8 Å². The SMILES string of the molecule is CCCc1nc(NCC)c(C)c(-c2ccc(C)cc2)n1. The van der Waals surface area contributed by atoms with Gasteiger partial charge in [-0.2, -0.15) is 0 Å². The summed E-state index contributed by atoms with van der Waals surface area (Å²) in [6.07, 6.45) is 1.97. The summed E-state index contributed by atoms with van der Waals surface area (Å²) >= 11 is 0. The number of hydrogen-bond donors (Lipinski definition) is 1. The van der Waals surface area contributed by atoms with Gasteiger partial charge in [-0.1, -0.05) is 36.8 Å². The normalized spacial score (nSPS) is 10.6. The van der Waals surface area contributed by atoms with Crippen molar-refractivity contribution in [2.24, 2.45) is 0 Å². The predicted molar refractivity (Wildman–Crippen MR) is 85.1 cm³/mol. The van der Waals surface area contributed by atoms with Crippen LogP contribution in [-0.4, -0.2) is 16.5 Å². The monoisotopic (exact) mass is 269 g/mol. The molecule has 2 aromatic rings. The summed E-state index contributed by atoms with van der Waals surface area (Å²) in [7, 11) is 0. The number of aryl methyl sites for hydroxylation is 2. The van der Waals surface area contributed by atoms with Crippen molar-refractivity contribution in [2.75, 3.05) is 11.9 Å². The lowest BCUT2D eigenvalue weighted by Crippen LogP contribution is -2.08. The number of nitrogens with one attached hydrogen (secondary N) is 1. The number of anilines is 1. The Hall–Kier alpha value is -1.90. The smallest absolute Gasteiger partial charge is 0.133 e. The Balaban J connectivity index is 2.52. The van der Waals surface area contributed by atoms with E-state index in [1.165, 1.54) is 5.56 Å². The van der Waals surface area contributed by atoms with Crippen LogP contribution < -0.4 is 5.32 Å². The van der Waals surface area contributed by atoms with Crippen LogP contribution in [0.3, 0.4) is 0 Å². The third-order valence-corrected chi connectivity index (χ3v) is 3.33. The minimum absolute atomic E-state index is 0.872. The van der Waals surface area contributed by atoms with Gasteiger partial charge >= 0.3 is 0 Å². The van der Waals surface area contributed by atoms with Gasteiger partial charge in [0.2, 0.25) is 0 Å². The summed E-state index contributed by atoms with van der Waals surface area (Å²) in [5.41, 5.74) is 4.59. The molecule has 3 heteroatoms. The molecule has 0 saturated carbocycles. The Bertz CT molecular complexity index is 574. The van der Waals surface area contributed by atoms with Gasteiger partial charge in [0.25, 0.3) is 0 Å². The molecule has 0 aliphatic carbocycles. The van der Waals surface area contributed by atoms with Crippen molar-refractivity contribution >= 4 is 5.82 Å². The first-order chi connectivity index (χ1) is 9.65. The molecule has 0 amide bonds. The summed E-state index contributed by atoms with van der Waals surface area (Å²) in [5, 5.41) is 3.35. The Morgan fingerprint density at radius 3 is 2.30 bits per heavy atom. The van der Waals surface area contributed by atoms with Crippen molar-refractivity contribution in [2.45, 2.75) is 40.5 Å². The molecule has 0 aliphatic rings. The second-order valence-electron chi connectivity index (χ2n) is 5.11. The molecule has 0 atom stereocenters. The van der Waals surface area contributed by atoms with E-state index in [2.05, 4.69) is 62.3 Å². The molecule has 0 bridgehead atoms. The largest absolute Gasteiger partial charge is 0.370 e. The minimum atomic E-state index is 0.872. The summed E-state index contributed by atoms with van der Waals surface area (Å²) in [4.78, 5) is 9.39. The first kappa shape index (κ1) is 14.5. The number of aromatic nitrogens is 2. The lowest BCUT2D eigenvalue weighted by molar-refractivity contribution is 0.833. The van der Waals surface area contributed by atoms with Crippen LogP contribution in [0.5, 0.6) is 0 Å². The van der Waals surface area contributed by atoms with E-state index in [1.807, 2.05) is 0 Å². The maximum absolute atomic E-state index is 4.75. The molecular formula is C17H23N3. The molecule has 0 saturated heterocycles. The summed E-state index contributed by atoms with van der Waals surface area (Å²) in [6, 6.07) is 8.53. The van der Waals surface area contributed by atoms with E-state index in [-0.39, 0.29) is 0 Å². The molecule has 2 rings (SSSR count). The number of rotatable bonds is 5. The molecular weight excluding hydrogens is 246 g/mol.